The Bertz CT molecular complexity index is 89.1. The molecule has 0 aliphatic heterocycles. The number of halogens is 3. The molecule has 15 heavy (non-hydrogen) atoms. The highest BCUT2D eigenvalue weighted by atomic mass is 19.4. The normalized spacial score (nSPS) is 10.0. The molecule has 0 saturated carbocycles. The third kappa shape index (κ3) is 31.6. The van der Waals surface area contributed by atoms with Crippen LogP contribution >= 0.6 is 0 Å². The smallest absolute Gasteiger partial charge is 0.330 e. The average molecular weight is 227 g/mol. The summed E-state index contributed by atoms with van der Waals surface area (Å²) in [7, 11) is 0. The van der Waals surface area contributed by atoms with Crippen LogP contribution in [-0.2, 0) is 0 Å². The lowest BCUT2D eigenvalue weighted by Gasteiger charge is -1.99. The van der Waals surface area contributed by atoms with Crippen LogP contribution in [0.15, 0.2) is 0 Å². The molecule has 2 N–H and O–H groups in total. The molecule has 0 aromatic carbocycles. The molecule has 0 saturated heterocycles. The summed E-state index contributed by atoms with van der Waals surface area (Å²) < 4.78 is 29.0. The lowest BCUT2D eigenvalue weighted by Crippen LogP contribution is -1.97. The minimum absolute atomic E-state index is 0.870. The van der Waals surface area contributed by atoms with Gasteiger partial charge in [-0.3, -0.25) is 0 Å². The second-order valence-electron chi connectivity index (χ2n) is 3.51. The number of hydrogen-bond donors (Lipinski definition) is 1. The first-order chi connectivity index (χ1) is 7.15. The Labute approximate surface area is 91.2 Å². The minimum Gasteiger partial charge on any atom is -0.330 e. The van der Waals surface area contributed by atoms with E-state index in [1.54, 1.807) is 0 Å². The fourth-order valence-corrected chi connectivity index (χ4v) is 1.28. The van der Waals surface area contributed by atoms with Crippen molar-refractivity contribution in [2.45, 2.75) is 65.0 Å². The van der Waals surface area contributed by atoms with E-state index in [-0.39, 0.29) is 0 Å². The van der Waals surface area contributed by atoms with Crippen molar-refractivity contribution in [3.05, 3.63) is 0 Å². The third-order valence-corrected chi connectivity index (χ3v) is 2.06. The Hall–Kier alpha value is -0.250. The molecule has 0 radical (unpaired) electrons. The summed E-state index contributed by atoms with van der Waals surface area (Å²) in [5.41, 5.74) is 5.39. The Morgan fingerprint density at radius 3 is 1.47 bits per heavy atom. The van der Waals surface area contributed by atoms with E-state index >= 15 is 0 Å². The van der Waals surface area contributed by atoms with Gasteiger partial charge >= 0.3 is 6.68 Å². The van der Waals surface area contributed by atoms with E-state index in [1.165, 1.54) is 51.4 Å². The maximum absolute atomic E-state index is 9.67. The zero-order valence-electron chi connectivity index (χ0n) is 9.65. The average Bonchev–Trinajstić information content (AvgIpc) is 2.16. The maximum Gasteiger partial charge on any atom is 0.379 e. The summed E-state index contributed by atoms with van der Waals surface area (Å²) in [6.07, 6.45) is 11.0. The van der Waals surface area contributed by atoms with E-state index in [4.69, 9.17) is 5.73 Å². The highest BCUT2D eigenvalue weighted by Crippen LogP contribution is 2.07. The van der Waals surface area contributed by atoms with Crippen molar-refractivity contribution in [3.8, 4) is 0 Å². The van der Waals surface area contributed by atoms with Crippen LogP contribution in [-0.4, -0.2) is 13.2 Å². The van der Waals surface area contributed by atoms with Crippen molar-refractivity contribution in [1.82, 2.24) is 0 Å². The summed E-state index contributed by atoms with van der Waals surface area (Å²) in [5.74, 6) is 0. The Balaban J connectivity index is 0. The van der Waals surface area contributed by atoms with Crippen molar-refractivity contribution in [1.29, 1.82) is 0 Å². The van der Waals surface area contributed by atoms with Crippen LogP contribution < -0.4 is 5.73 Å². The zero-order valence-corrected chi connectivity index (χ0v) is 9.65. The zero-order chi connectivity index (χ0) is 11.9. The molecule has 0 spiro atoms. The summed E-state index contributed by atoms with van der Waals surface area (Å²) in [6.45, 7) is -0.538. The molecule has 0 aromatic heterocycles. The topological polar surface area (TPSA) is 26.0 Å². The molecular weight excluding hydrogens is 203 g/mol. The van der Waals surface area contributed by atoms with Gasteiger partial charge in [0, 0.05) is 0 Å². The first-order valence-corrected chi connectivity index (χ1v) is 5.77. The van der Waals surface area contributed by atoms with Crippen LogP contribution in [0.1, 0.15) is 58.3 Å². The number of rotatable bonds is 8. The van der Waals surface area contributed by atoms with Gasteiger partial charge in [0.2, 0.25) is 0 Å². The van der Waals surface area contributed by atoms with E-state index in [2.05, 4.69) is 6.92 Å². The second kappa shape index (κ2) is 16.2. The number of hydrogen-bond acceptors (Lipinski definition) is 1. The molecule has 0 aliphatic rings. The molecule has 0 unspecified atom stereocenters. The van der Waals surface area contributed by atoms with E-state index in [1.807, 2.05) is 0 Å². The van der Waals surface area contributed by atoms with Gasteiger partial charge in [-0.25, -0.2) is 0 Å². The van der Waals surface area contributed by atoms with Gasteiger partial charge in [0.15, 0.2) is 0 Å². The first-order valence-electron chi connectivity index (χ1n) is 5.77. The monoisotopic (exact) mass is 227 g/mol. The summed E-state index contributed by atoms with van der Waals surface area (Å²) >= 11 is 0. The lowest BCUT2D eigenvalue weighted by molar-refractivity contribution is 0.00819. The summed E-state index contributed by atoms with van der Waals surface area (Å²) in [4.78, 5) is 0. The van der Waals surface area contributed by atoms with Crippen molar-refractivity contribution in [2.24, 2.45) is 5.73 Å². The third-order valence-electron chi connectivity index (χ3n) is 2.06. The molecule has 4 heteroatoms. The predicted octanol–water partition coefficient (Wildman–Crippen LogP) is 4.26. The van der Waals surface area contributed by atoms with Gasteiger partial charge in [0.1, 0.15) is 0 Å². The second-order valence-corrected chi connectivity index (χ2v) is 3.51. The van der Waals surface area contributed by atoms with E-state index < -0.39 is 6.68 Å². The minimum atomic E-state index is -3.67. The Morgan fingerprint density at radius 1 is 0.800 bits per heavy atom. The van der Waals surface area contributed by atoms with E-state index in [0.29, 0.717) is 0 Å². The van der Waals surface area contributed by atoms with Crippen LogP contribution in [0.2, 0.25) is 0 Å². The van der Waals surface area contributed by atoms with Crippen molar-refractivity contribution in [3.63, 3.8) is 0 Å². The predicted molar refractivity (Wildman–Crippen MR) is 58.8 cm³/mol. The van der Waals surface area contributed by atoms with Crippen LogP contribution in [0.3, 0.4) is 0 Å². The van der Waals surface area contributed by atoms with Gasteiger partial charge in [-0.05, 0) is 13.0 Å². The summed E-state index contributed by atoms with van der Waals surface area (Å²) in [6, 6.07) is 0. The largest absolute Gasteiger partial charge is 0.379 e. The molecule has 0 aromatic rings. The molecular formula is C11H24F3N. The lowest BCUT2D eigenvalue weighted by atomic mass is 10.1. The maximum atomic E-state index is 9.67. The van der Waals surface area contributed by atoms with Gasteiger partial charge in [0.05, 0.1) is 0 Å². The Kier molecular flexibility index (Phi) is 18.5. The van der Waals surface area contributed by atoms with E-state index in [9.17, 15) is 13.2 Å². The summed E-state index contributed by atoms with van der Waals surface area (Å²) in [5, 5.41) is 0. The Morgan fingerprint density at radius 2 is 1.13 bits per heavy atom. The van der Waals surface area contributed by atoms with Gasteiger partial charge in [-0.2, -0.15) is 13.2 Å². The SMILES string of the molecule is CCCCCCCCCCN.FC(F)F. The molecule has 0 rings (SSSR count). The van der Waals surface area contributed by atoms with Gasteiger partial charge in [0.25, 0.3) is 0 Å². The van der Waals surface area contributed by atoms with E-state index in [0.717, 1.165) is 6.54 Å². The van der Waals surface area contributed by atoms with Gasteiger partial charge in [-0.1, -0.05) is 51.9 Å². The van der Waals surface area contributed by atoms with Crippen LogP contribution in [0.25, 0.3) is 0 Å². The fourth-order valence-electron chi connectivity index (χ4n) is 1.28. The van der Waals surface area contributed by atoms with Crippen molar-refractivity contribution < 1.29 is 13.2 Å². The highest BCUT2D eigenvalue weighted by molar-refractivity contribution is 4.45. The van der Waals surface area contributed by atoms with Crippen LogP contribution in [0.4, 0.5) is 13.2 Å². The molecule has 0 amide bonds. The molecule has 1 nitrogen and oxygen atoms in total. The molecule has 0 atom stereocenters. The number of alkyl halides is 3. The van der Waals surface area contributed by atoms with Crippen LogP contribution in [0, 0.1) is 0 Å². The van der Waals surface area contributed by atoms with Gasteiger partial charge in [-0.15, -0.1) is 0 Å². The quantitative estimate of drug-likeness (QED) is 0.616. The molecule has 0 bridgehead atoms. The standard InChI is InChI=1S/C10H23N.CHF3/c1-2-3-4-5-6-7-8-9-10-11;2-1(3)4/h2-11H2,1H3;1H. The van der Waals surface area contributed by atoms with Gasteiger partial charge < -0.3 is 5.73 Å². The molecule has 0 aliphatic carbocycles. The van der Waals surface area contributed by atoms with Crippen molar-refractivity contribution in [2.75, 3.05) is 6.54 Å². The molecule has 0 fully saturated rings. The number of nitrogens with two attached hydrogens (primary N) is 1. The first kappa shape index (κ1) is 17.2. The number of unbranched alkanes of at least 4 members (excludes halogenated alkanes) is 7. The molecule has 0 heterocycles. The highest BCUT2D eigenvalue weighted by Gasteiger charge is 1.89. The molecule has 94 valence electrons. The van der Waals surface area contributed by atoms with Crippen LogP contribution in [0.5, 0.6) is 0 Å². The fraction of sp³-hybridized carbons (Fsp3) is 1.00. The van der Waals surface area contributed by atoms with Crippen molar-refractivity contribution >= 4 is 0 Å².